The highest BCUT2D eigenvalue weighted by Gasteiger charge is 2.34. The number of fused-ring (bicyclic) bond motifs is 1. The molecule has 2 aliphatic rings. The fraction of sp³-hybridized carbons (Fsp3) is 1.00. The largest absolute Gasteiger partial charge is 0.378 e. The molecule has 2 saturated heterocycles. The van der Waals surface area contributed by atoms with Gasteiger partial charge in [-0.2, -0.15) is 0 Å². The van der Waals surface area contributed by atoms with E-state index in [1.807, 2.05) is 0 Å². The first-order chi connectivity index (χ1) is 6.68. The number of ether oxygens (including phenoxy) is 1. The van der Waals surface area contributed by atoms with E-state index in [0.717, 1.165) is 19.8 Å². The number of hydrogen-bond donors (Lipinski definition) is 0. The topological polar surface area (TPSA) is 15.7 Å². The molecule has 0 unspecified atom stereocenters. The van der Waals surface area contributed by atoms with Crippen LogP contribution in [-0.2, 0) is 4.74 Å². The Morgan fingerprint density at radius 1 is 1.29 bits per heavy atom. The zero-order valence-electron chi connectivity index (χ0n) is 9.57. The van der Waals surface area contributed by atoms with Gasteiger partial charge >= 0.3 is 0 Å². The minimum atomic E-state index is 0.634. The van der Waals surface area contributed by atoms with Crippen molar-refractivity contribution >= 4 is 0 Å². The Morgan fingerprint density at radius 3 is 2.79 bits per heavy atom. The second-order valence-electron chi connectivity index (χ2n) is 4.86. The maximum Gasteiger partial charge on any atom is 0.0635 e. The molecule has 2 heterocycles. The van der Waals surface area contributed by atoms with Crippen LogP contribution in [0.4, 0.5) is 0 Å². The number of morpholine rings is 1. The summed E-state index contributed by atoms with van der Waals surface area (Å²) >= 11 is 0. The van der Waals surface area contributed by atoms with Gasteiger partial charge in [-0.1, -0.05) is 0 Å². The molecule has 2 rings (SSSR count). The van der Waals surface area contributed by atoms with Gasteiger partial charge in [-0.15, -0.1) is 0 Å². The Balaban J connectivity index is 2.00. The normalized spacial score (nSPS) is 36.0. The summed E-state index contributed by atoms with van der Waals surface area (Å²) in [5, 5.41) is 0. The summed E-state index contributed by atoms with van der Waals surface area (Å²) in [5.41, 5.74) is 0. The molecule has 0 saturated carbocycles. The quantitative estimate of drug-likeness (QED) is 0.620. The van der Waals surface area contributed by atoms with Crippen LogP contribution in [0.3, 0.4) is 0 Å². The average molecular weight is 198 g/mol. The standard InChI is InChI=1S/C11H22N2O/c1-9(2)12-6-10(3)13-4-5-14-8-11(13)7-12/h9-11H,4-8H2,1-3H3/t10-,11-/m1/s1. The molecule has 0 N–H and O–H groups in total. The minimum absolute atomic E-state index is 0.634. The molecule has 3 nitrogen and oxygen atoms in total. The van der Waals surface area contributed by atoms with Crippen molar-refractivity contribution in [2.75, 3.05) is 32.8 Å². The zero-order chi connectivity index (χ0) is 10.1. The lowest BCUT2D eigenvalue weighted by Gasteiger charge is -2.48. The molecule has 0 aliphatic carbocycles. The second kappa shape index (κ2) is 4.17. The van der Waals surface area contributed by atoms with E-state index in [1.54, 1.807) is 0 Å². The van der Waals surface area contributed by atoms with E-state index in [4.69, 9.17) is 4.74 Å². The highest BCUT2D eigenvalue weighted by atomic mass is 16.5. The Hall–Kier alpha value is -0.120. The number of hydrogen-bond acceptors (Lipinski definition) is 3. The van der Waals surface area contributed by atoms with Gasteiger partial charge in [0, 0.05) is 37.8 Å². The lowest BCUT2D eigenvalue weighted by Crippen LogP contribution is -2.62. The smallest absolute Gasteiger partial charge is 0.0635 e. The maximum atomic E-state index is 5.55. The van der Waals surface area contributed by atoms with Crippen LogP contribution in [0, 0.1) is 0 Å². The third-order valence-electron chi connectivity index (χ3n) is 3.51. The van der Waals surface area contributed by atoms with Gasteiger partial charge in [-0.05, 0) is 20.8 Å². The molecule has 2 fully saturated rings. The molecule has 3 heteroatoms. The lowest BCUT2D eigenvalue weighted by molar-refractivity contribution is -0.0737. The fourth-order valence-corrected chi connectivity index (χ4v) is 2.62. The van der Waals surface area contributed by atoms with E-state index in [-0.39, 0.29) is 0 Å². The van der Waals surface area contributed by atoms with Crippen molar-refractivity contribution in [3.63, 3.8) is 0 Å². The predicted octanol–water partition coefficient (Wildman–Crippen LogP) is 0.800. The lowest BCUT2D eigenvalue weighted by atomic mass is 10.0. The number of piperazine rings is 1. The molecule has 14 heavy (non-hydrogen) atoms. The summed E-state index contributed by atoms with van der Waals surface area (Å²) in [6, 6.07) is 2.00. The van der Waals surface area contributed by atoms with Gasteiger partial charge in [0.25, 0.3) is 0 Å². The first-order valence-corrected chi connectivity index (χ1v) is 5.76. The highest BCUT2D eigenvalue weighted by Crippen LogP contribution is 2.20. The van der Waals surface area contributed by atoms with Gasteiger partial charge in [0.1, 0.15) is 0 Å². The van der Waals surface area contributed by atoms with Crippen molar-refractivity contribution in [1.29, 1.82) is 0 Å². The van der Waals surface area contributed by atoms with Crippen LogP contribution in [-0.4, -0.2) is 60.8 Å². The summed E-state index contributed by atoms with van der Waals surface area (Å²) in [6.07, 6.45) is 0. The zero-order valence-corrected chi connectivity index (χ0v) is 9.57. The van der Waals surface area contributed by atoms with Crippen molar-refractivity contribution in [3.05, 3.63) is 0 Å². The van der Waals surface area contributed by atoms with E-state index in [0.29, 0.717) is 18.1 Å². The van der Waals surface area contributed by atoms with Gasteiger partial charge in [0.05, 0.1) is 13.2 Å². The second-order valence-corrected chi connectivity index (χ2v) is 4.86. The van der Waals surface area contributed by atoms with Crippen LogP contribution in [0.2, 0.25) is 0 Å². The Labute approximate surface area is 87.0 Å². The van der Waals surface area contributed by atoms with E-state index in [9.17, 15) is 0 Å². The molecule has 0 aromatic rings. The van der Waals surface area contributed by atoms with Crippen molar-refractivity contribution in [3.8, 4) is 0 Å². The third-order valence-corrected chi connectivity index (χ3v) is 3.51. The van der Waals surface area contributed by atoms with Gasteiger partial charge in [0.15, 0.2) is 0 Å². The molecule has 0 spiro atoms. The molecule has 0 amide bonds. The molecule has 0 aromatic heterocycles. The van der Waals surface area contributed by atoms with Crippen molar-refractivity contribution in [2.24, 2.45) is 0 Å². The SMILES string of the molecule is CC(C)N1C[C@@H]2COCCN2[C@H](C)C1. The molecular formula is C11H22N2O. The van der Waals surface area contributed by atoms with Gasteiger partial charge < -0.3 is 4.74 Å². The highest BCUT2D eigenvalue weighted by molar-refractivity contribution is 4.89. The van der Waals surface area contributed by atoms with Crippen molar-refractivity contribution < 1.29 is 4.74 Å². The summed E-state index contributed by atoms with van der Waals surface area (Å²) in [6.45, 7) is 12.3. The third kappa shape index (κ3) is 1.95. The van der Waals surface area contributed by atoms with Crippen molar-refractivity contribution in [2.45, 2.75) is 38.9 Å². The molecule has 0 bridgehead atoms. The predicted molar refractivity (Wildman–Crippen MR) is 57.5 cm³/mol. The molecule has 0 radical (unpaired) electrons. The van der Waals surface area contributed by atoms with Gasteiger partial charge in [-0.25, -0.2) is 0 Å². The monoisotopic (exact) mass is 198 g/mol. The first-order valence-electron chi connectivity index (χ1n) is 5.76. The summed E-state index contributed by atoms with van der Waals surface area (Å²) in [4.78, 5) is 5.18. The van der Waals surface area contributed by atoms with E-state index >= 15 is 0 Å². The molecule has 82 valence electrons. The van der Waals surface area contributed by atoms with Crippen LogP contribution >= 0.6 is 0 Å². The van der Waals surface area contributed by atoms with E-state index in [1.165, 1.54) is 13.1 Å². The summed E-state index contributed by atoms with van der Waals surface area (Å²) in [7, 11) is 0. The van der Waals surface area contributed by atoms with Crippen LogP contribution in [0.15, 0.2) is 0 Å². The average Bonchev–Trinajstić information content (AvgIpc) is 2.17. The fourth-order valence-electron chi connectivity index (χ4n) is 2.62. The summed E-state index contributed by atoms with van der Waals surface area (Å²) < 4.78 is 5.55. The van der Waals surface area contributed by atoms with Gasteiger partial charge in [-0.3, -0.25) is 9.80 Å². The Bertz CT molecular complexity index is 196. The maximum absolute atomic E-state index is 5.55. The van der Waals surface area contributed by atoms with Crippen molar-refractivity contribution in [1.82, 2.24) is 9.80 Å². The molecule has 0 aromatic carbocycles. The van der Waals surface area contributed by atoms with Crippen LogP contribution in [0.5, 0.6) is 0 Å². The van der Waals surface area contributed by atoms with Gasteiger partial charge in [0.2, 0.25) is 0 Å². The molecular weight excluding hydrogens is 176 g/mol. The summed E-state index contributed by atoms with van der Waals surface area (Å²) in [5.74, 6) is 0. The minimum Gasteiger partial charge on any atom is -0.378 e. The number of nitrogens with zero attached hydrogens (tertiary/aromatic N) is 2. The Morgan fingerprint density at radius 2 is 2.07 bits per heavy atom. The van der Waals surface area contributed by atoms with E-state index < -0.39 is 0 Å². The Kier molecular flexibility index (Phi) is 3.10. The number of rotatable bonds is 1. The first kappa shape index (κ1) is 10.4. The molecule has 2 atom stereocenters. The molecule has 2 aliphatic heterocycles. The van der Waals surface area contributed by atoms with Crippen LogP contribution < -0.4 is 0 Å². The van der Waals surface area contributed by atoms with Crippen LogP contribution in [0.1, 0.15) is 20.8 Å². The van der Waals surface area contributed by atoms with Crippen LogP contribution in [0.25, 0.3) is 0 Å². The van der Waals surface area contributed by atoms with E-state index in [2.05, 4.69) is 30.6 Å².